The van der Waals surface area contributed by atoms with Crippen molar-refractivity contribution in [3.05, 3.63) is 56.5 Å². The van der Waals surface area contributed by atoms with Crippen LogP contribution in [0.1, 0.15) is 5.56 Å². The van der Waals surface area contributed by atoms with Crippen molar-refractivity contribution in [2.24, 2.45) is 0 Å². The molecule has 0 saturated carbocycles. The maximum Gasteiger partial charge on any atom is 0.139 e. The molecule has 0 atom stereocenters. The fourth-order valence-electron chi connectivity index (χ4n) is 1.44. The van der Waals surface area contributed by atoms with Gasteiger partial charge in [0.2, 0.25) is 0 Å². The van der Waals surface area contributed by atoms with Crippen LogP contribution >= 0.6 is 39.1 Å². The number of anilines is 1. The summed E-state index contributed by atoms with van der Waals surface area (Å²) in [5.41, 5.74) is 7.32. The number of nitrogen functional groups attached to an aromatic ring is 1. The molecule has 0 aromatic heterocycles. The van der Waals surface area contributed by atoms with E-state index in [2.05, 4.69) is 15.9 Å². The summed E-state index contributed by atoms with van der Waals surface area (Å²) in [4.78, 5) is 0. The van der Waals surface area contributed by atoms with Crippen LogP contribution in [0.5, 0.6) is 5.75 Å². The van der Waals surface area contributed by atoms with Crippen molar-refractivity contribution in [3.63, 3.8) is 0 Å². The zero-order valence-corrected chi connectivity index (χ0v) is 12.4. The highest BCUT2D eigenvalue weighted by molar-refractivity contribution is 9.10. The van der Waals surface area contributed by atoms with Gasteiger partial charge in [-0.15, -0.1) is 0 Å². The highest BCUT2D eigenvalue weighted by atomic mass is 79.9. The molecule has 0 aliphatic heterocycles. The van der Waals surface area contributed by atoms with Gasteiger partial charge < -0.3 is 10.5 Å². The minimum absolute atomic E-state index is 0.322. The van der Waals surface area contributed by atoms with E-state index in [9.17, 15) is 0 Å². The van der Waals surface area contributed by atoms with E-state index in [1.807, 2.05) is 12.1 Å². The molecule has 0 aliphatic rings. The molecule has 94 valence electrons. The first-order chi connectivity index (χ1) is 8.56. The van der Waals surface area contributed by atoms with Crippen LogP contribution in [0.4, 0.5) is 5.69 Å². The smallest absolute Gasteiger partial charge is 0.139 e. The molecular formula is C13H10BrCl2NO. The minimum Gasteiger partial charge on any atom is -0.487 e. The van der Waals surface area contributed by atoms with E-state index in [4.69, 9.17) is 33.7 Å². The zero-order chi connectivity index (χ0) is 13.1. The van der Waals surface area contributed by atoms with Crippen molar-refractivity contribution in [1.82, 2.24) is 0 Å². The summed E-state index contributed by atoms with van der Waals surface area (Å²) in [6.45, 7) is 0.322. The average molecular weight is 347 g/mol. The van der Waals surface area contributed by atoms with Crippen LogP contribution in [0.15, 0.2) is 40.9 Å². The van der Waals surface area contributed by atoms with Gasteiger partial charge in [-0.05, 0) is 36.4 Å². The molecule has 0 saturated heterocycles. The predicted molar refractivity (Wildman–Crippen MR) is 79.3 cm³/mol. The van der Waals surface area contributed by atoms with Crippen LogP contribution in [-0.4, -0.2) is 0 Å². The fourth-order valence-corrected chi connectivity index (χ4v) is 2.15. The highest BCUT2D eigenvalue weighted by Crippen LogP contribution is 2.29. The minimum atomic E-state index is 0.322. The largest absolute Gasteiger partial charge is 0.487 e. The molecule has 5 heteroatoms. The number of rotatable bonds is 3. The van der Waals surface area contributed by atoms with Crippen molar-refractivity contribution in [1.29, 1.82) is 0 Å². The number of hydrogen-bond donors (Lipinski definition) is 1. The van der Waals surface area contributed by atoms with Crippen LogP contribution in [-0.2, 0) is 6.61 Å². The summed E-state index contributed by atoms with van der Waals surface area (Å²) in [5.74, 6) is 0.602. The van der Waals surface area contributed by atoms with Crippen LogP contribution in [0.3, 0.4) is 0 Å². The second kappa shape index (κ2) is 5.83. The third-order valence-electron chi connectivity index (χ3n) is 2.38. The third-order valence-corrected chi connectivity index (χ3v) is 3.42. The van der Waals surface area contributed by atoms with E-state index in [1.54, 1.807) is 24.3 Å². The maximum absolute atomic E-state index is 6.03. The molecular weight excluding hydrogens is 337 g/mol. The molecule has 0 unspecified atom stereocenters. The molecule has 0 spiro atoms. The van der Waals surface area contributed by atoms with Crippen molar-refractivity contribution in [2.45, 2.75) is 6.61 Å². The summed E-state index contributed by atoms with van der Waals surface area (Å²) in [6.07, 6.45) is 0. The van der Waals surface area contributed by atoms with Gasteiger partial charge in [-0.3, -0.25) is 0 Å². The van der Waals surface area contributed by atoms with Crippen molar-refractivity contribution < 1.29 is 4.74 Å². The molecule has 2 aromatic rings. The lowest BCUT2D eigenvalue weighted by molar-refractivity contribution is 0.307. The molecule has 0 heterocycles. The third kappa shape index (κ3) is 3.31. The Bertz CT molecular complexity index is 523. The quantitative estimate of drug-likeness (QED) is 0.801. The maximum atomic E-state index is 6.03. The fraction of sp³-hybridized carbons (Fsp3) is 0.0769. The Morgan fingerprint density at radius 3 is 2.67 bits per heavy atom. The topological polar surface area (TPSA) is 35.2 Å². The van der Waals surface area contributed by atoms with E-state index in [0.717, 1.165) is 10.0 Å². The van der Waals surface area contributed by atoms with Crippen LogP contribution < -0.4 is 10.5 Å². The second-order valence-electron chi connectivity index (χ2n) is 3.71. The molecule has 18 heavy (non-hydrogen) atoms. The lowest BCUT2D eigenvalue weighted by Gasteiger charge is -2.10. The molecule has 2 N–H and O–H groups in total. The molecule has 0 amide bonds. The van der Waals surface area contributed by atoms with Gasteiger partial charge in [-0.1, -0.05) is 39.1 Å². The molecule has 0 fully saturated rings. The lowest BCUT2D eigenvalue weighted by atomic mass is 10.2. The Kier molecular flexibility index (Phi) is 4.38. The molecule has 0 aliphatic carbocycles. The summed E-state index contributed by atoms with van der Waals surface area (Å²) >= 11 is 15.3. The Labute approximate surface area is 124 Å². The van der Waals surface area contributed by atoms with E-state index < -0.39 is 0 Å². The summed E-state index contributed by atoms with van der Waals surface area (Å²) in [6, 6.07) is 10.7. The van der Waals surface area contributed by atoms with Gasteiger partial charge in [0.1, 0.15) is 12.4 Å². The molecule has 2 nitrogen and oxygen atoms in total. The van der Waals surface area contributed by atoms with Gasteiger partial charge in [0.25, 0.3) is 0 Å². The monoisotopic (exact) mass is 345 g/mol. The Hall–Kier alpha value is -0.900. The summed E-state index contributed by atoms with van der Waals surface area (Å²) in [5, 5.41) is 1.18. The van der Waals surface area contributed by atoms with Crippen molar-refractivity contribution >= 4 is 44.8 Å². The van der Waals surface area contributed by atoms with Gasteiger partial charge in [-0.25, -0.2) is 0 Å². The number of halogens is 3. The number of nitrogens with two attached hydrogens (primary N) is 1. The molecule has 2 aromatic carbocycles. The van der Waals surface area contributed by atoms with Crippen molar-refractivity contribution in [3.8, 4) is 5.75 Å². The van der Waals surface area contributed by atoms with E-state index in [1.165, 1.54) is 0 Å². The average Bonchev–Trinajstić information content (AvgIpc) is 2.34. The van der Waals surface area contributed by atoms with Gasteiger partial charge in [0, 0.05) is 20.7 Å². The first-order valence-corrected chi connectivity index (χ1v) is 6.73. The van der Waals surface area contributed by atoms with Gasteiger partial charge >= 0.3 is 0 Å². The first-order valence-electron chi connectivity index (χ1n) is 5.18. The van der Waals surface area contributed by atoms with Crippen LogP contribution in [0.2, 0.25) is 10.0 Å². The summed E-state index contributed by atoms with van der Waals surface area (Å²) < 4.78 is 6.54. The molecule has 0 radical (unpaired) electrons. The predicted octanol–water partition coefficient (Wildman–Crippen LogP) is 4.92. The first kappa shape index (κ1) is 13.5. The SMILES string of the molecule is Nc1ccc(Cl)cc1COc1cc(Br)ccc1Cl. The van der Waals surface area contributed by atoms with Crippen LogP contribution in [0, 0.1) is 0 Å². The number of ether oxygens (including phenoxy) is 1. The van der Waals surface area contributed by atoms with Crippen molar-refractivity contribution in [2.75, 3.05) is 5.73 Å². The molecule has 0 bridgehead atoms. The van der Waals surface area contributed by atoms with Crippen LogP contribution in [0.25, 0.3) is 0 Å². The normalized spacial score (nSPS) is 10.4. The molecule has 2 rings (SSSR count). The summed E-state index contributed by atoms with van der Waals surface area (Å²) in [7, 11) is 0. The Balaban J connectivity index is 2.16. The number of benzene rings is 2. The highest BCUT2D eigenvalue weighted by Gasteiger charge is 2.05. The Morgan fingerprint density at radius 1 is 1.11 bits per heavy atom. The standard InChI is InChI=1S/C13H10BrCl2NO/c14-9-1-3-11(16)13(6-9)18-7-8-5-10(15)2-4-12(8)17/h1-6H,7,17H2. The van der Waals surface area contributed by atoms with Gasteiger partial charge in [0.05, 0.1) is 5.02 Å². The van der Waals surface area contributed by atoms with E-state index in [-0.39, 0.29) is 0 Å². The number of hydrogen-bond acceptors (Lipinski definition) is 2. The van der Waals surface area contributed by atoms with E-state index in [0.29, 0.717) is 28.1 Å². The Morgan fingerprint density at radius 2 is 1.89 bits per heavy atom. The van der Waals surface area contributed by atoms with E-state index >= 15 is 0 Å². The van der Waals surface area contributed by atoms with Gasteiger partial charge in [0.15, 0.2) is 0 Å². The second-order valence-corrected chi connectivity index (χ2v) is 5.47. The zero-order valence-electron chi connectivity index (χ0n) is 9.29. The lowest BCUT2D eigenvalue weighted by Crippen LogP contribution is -2.00. The van der Waals surface area contributed by atoms with Gasteiger partial charge in [-0.2, -0.15) is 0 Å².